The van der Waals surface area contributed by atoms with Gasteiger partial charge in [0.1, 0.15) is 5.54 Å². The van der Waals surface area contributed by atoms with Crippen LogP contribution in [0.4, 0.5) is 5.69 Å². The first-order valence-corrected chi connectivity index (χ1v) is 8.90. The zero-order valence-corrected chi connectivity index (χ0v) is 16.0. The minimum absolute atomic E-state index is 0.320. The Morgan fingerprint density at radius 1 is 1.00 bits per heavy atom. The minimum atomic E-state index is -1.16. The van der Waals surface area contributed by atoms with Crippen molar-refractivity contribution in [1.82, 2.24) is 9.78 Å². The predicted molar refractivity (Wildman–Crippen MR) is 106 cm³/mol. The number of hydrogen-bond acceptors (Lipinski definition) is 3. The molecule has 3 aromatic rings. The number of anilines is 1. The van der Waals surface area contributed by atoms with Crippen LogP contribution in [0.15, 0.2) is 76.0 Å². The molecule has 0 saturated carbocycles. The third kappa shape index (κ3) is 3.75. The van der Waals surface area contributed by atoms with Crippen molar-refractivity contribution in [3.63, 3.8) is 0 Å². The summed E-state index contributed by atoms with van der Waals surface area (Å²) in [6.45, 7) is 3.34. The molecule has 0 saturated heterocycles. The van der Waals surface area contributed by atoms with Crippen LogP contribution in [0.5, 0.6) is 0 Å². The number of nitrogens with one attached hydrogen (secondary N) is 1. The molecule has 0 radical (unpaired) electrons. The van der Waals surface area contributed by atoms with E-state index in [1.165, 1.54) is 10.7 Å². The first kappa shape index (κ1) is 18.1. The maximum absolute atomic E-state index is 12.8. The maximum atomic E-state index is 12.8. The summed E-state index contributed by atoms with van der Waals surface area (Å²) < 4.78 is 2.15. The van der Waals surface area contributed by atoms with E-state index in [0.29, 0.717) is 11.4 Å². The molecule has 0 spiro atoms. The van der Waals surface area contributed by atoms with Gasteiger partial charge in [-0.2, -0.15) is 5.10 Å². The maximum Gasteiger partial charge on any atom is 0.267 e. The van der Waals surface area contributed by atoms with Crippen molar-refractivity contribution in [2.24, 2.45) is 0 Å². The highest BCUT2D eigenvalue weighted by atomic mass is 79.9. The van der Waals surface area contributed by atoms with Crippen LogP contribution < -0.4 is 10.9 Å². The summed E-state index contributed by atoms with van der Waals surface area (Å²) in [6, 6.07) is 19.9. The monoisotopic (exact) mass is 411 g/mol. The van der Waals surface area contributed by atoms with Gasteiger partial charge in [-0.1, -0.05) is 46.3 Å². The first-order valence-electron chi connectivity index (χ1n) is 8.11. The largest absolute Gasteiger partial charge is 0.324 e. The van der Waals surface area contributed by atoms with E-state index < -0.39 is 5.54 Å². The average molecular weight is 412 g/mol. The Bertz CT molecular complexity index is 980. The van der Waals surface area contributed by atoms with Crippen molar-refractivity contribution in [3.8, 4) is 11.3 Å². The molecule has 0 bridgehead atoms. The van der Waals surface area contributed by atoms with Crippen molar-refractivity contribution in [2.75, 3.05) is 5.32 Å². The number of rotatable bonds is 4. The van der Waals surface area contributed by atoms with Crippen LogP contribution in [0.1, 0.15) is 13.8 Å². The van der Waals surface area contributed by atoms with Crippen molar-refractivity contribution >= 4 is 27.5 Å². The summed E-state index contributed by atoms with van der Waals surface area (Å²) in [4.78, 5) is 25.2. The molecule has 5 nitrogen and oxygen atoms in total. The quantitative estimate of drug-likeness (QED) is 0.704. The predicted octanol–water partition coefficient (Wildman–Crippen LogP) is 4.05. The smallest absolute Gasteiger partial charge is 0.267 e. The third-order valence-electron chi connectivity index (χ3n) is 4.06. The van der Waals surface area contributed by atoms with E-state index in [2.05, 4.69) is 26.3 Å². The molecular weight excluding hydrogens is 394 g/mol. The molecule has 0 aliphatic carbocycles. The third-order valence-corrected chi connectivity index (χ3v) is 4.59. The fourth-order valence-electron chi connectivity index (χ4n) is 2.49. The number of hydrogen-bond donors (Lipinski definition) is 1. The molecule has 6 heteroatoms. The Morgan fingerprint density at radius 2 is 1.65 bits per heavy atom. The molecule has 1 amide bonds. The number of nitrogens with zero attached hydrogens (tertiary/aromatic N) is 2. The van der Waals surface area contributed by atoms with Gasteiger partial charge in [0.15, 0.2) is 0 Å². The van der Waals surface area contributed by atoms with E-state index in [-0.39, 0.29) is 11.5 Å². The Balaban J connectivity index is 1.94. The summed E-state index contributed by atoms with van der Waals surface area (Å²) in [5.74, 6) is -0.320. The van der Waals surface area contributed by atoms with Crippen LogP contribution in [0.3, 0.4) is 0 Å². The number of aromatic nitrogens is 2. The number of carbonyl (C=O) groups excluding carboxylic acids is 1. The first-order chi connectivity index (χ1) is 12.4. The summed E-state index contributed by atoms with van der Waals surface area (Å²) in [6.07, 6.45) is 0. The van der Waals surface area contributed by atoms with Gasteiger partial charge in [-0.25, -0.2) is 4.68 Å². The lowest BCUT2D eigenvalue weighted by Gasteiger charge is -2.25. The van der Waals surface area contributed by atoms with Crippen molar-refractivity contribution in [2.45, 2.75) is 19.4 Å². The summed E-state index contributed by atoms with van der Waals surface area (Å²) in [5, 5.41) is 7.26. The van der Waals surface area contributed by atoms with Crippen LogP contribution in [-0.4, -0.2) is 15.7 Å². The Labute approximate surface area is 159 Å². The Hall–Kier alpha value is -2.73. The van der Waals surface area contributed by atoms with Gasteiger partial charge in [-0.3, -0.25) is 9.59 Å². The van der Waals surface area contributed by atoms with Crippen LogP contribution >= 0.6 is 15.9 Å². The Morgan fingerprint density at radius 3 is 2.31 bits per heavy atom. The molecule has 0 unspecified atom stereocenters. The van der Waals surface area contributed by atoms with Crippen LogP contribution in [0, 0.1) is 0 Å². The Kier molecular flexibility index (Phi) is 5.04. The van der Waals surface area contributed by atoms with Gasteiger partial charge in [0.25, 0.3) is 11.5 Å². The molecule has 0 aliphatic heterocycles. The van der Waals surface area contributed by atoms with E-state index in [1.807, 2.05) is 42.5 Å². The fourth-order valence-corrected chi connectivity index (χ4v) is 2.75. The standard InChI is InChI=1S/C20H18BrN3O2/c1-20(2,19(26)22-16-10-8-15(21)9-11-16)24-18(25)13-12-17(23-24)14-6-4-3-5-7-14/h3-13H,1-2H3,(H,22,26). The van der Waals surface area contributed by atoms with E-state index in [9.17, 15) is 9.59 Å². The van der Waals surface area contributed by atoms with Crippen molar-refractivity contribution in [3.05, 3.63) is 81.6 Å². The molecule has 2 aromatic carbocycles. The minimum Gasteiger partial charge on any atom is -0.324 e. The van der Waals surface area contributed by atoms with Crippen LogP contribution in [-0.2, 0) is 10.3 Å². The van der Waals surface area contributed by atoms with Gasteiger partial charge in [-0.15, -0.1) is 0 Å². The fraction of sp³-hybridized carbons (Fsp3) is 0.150. The second-order valence-electron chi connectivity index (χ2n) is 6.35. The van der Waals surface area contributed by atoms with Gasteiger partial charge in [0.2, 0.25) is 0 Å². The number of benzene rings is 2. The molecule has 1 heterocycles. The van der Waals surface area contributed by atoms with E-state index in [4.69, 9.17) is 0 Å². The van der Waals surface area contributed by atoms with Gasteiger partial charge in [0.05, 0.1) is 5.69 Å². The van der Waals surface area contributed by atoms with E-state index >= 15 is 0 Å². The number of amides is 1. The summed E-state index contributed by atoms with van der Waals surface area (Å²) in [7, 11) is 0. The van der Waals surface area contributed by atoms with Crippen LogP contribution in [0.2, 0.25) is 0 Å². The molecule has 26 heavy (non-hydrogen) atoms. The molecule has 0 atom stereocenters. The zero-order valence-electron chi connectivity index (χ0n) is 14.4. The van der Waals surface area contributed by atoms with Crippen molar-refractivity contribution < 1.29 is 4.79 Å². The lowest BCUT2D eigenvalue weighted by molar-refractivity contribution is -0.123. The SMILES string of the molecule is CC(C)(C(=O)Nc1ccc(Br)cc1)n1nc(-c2ccccc2)ccc1=O. The van der Waals surface area contributed by atoms with Gasteiger partial charge in [-0.05, 0) is 44.2 Å². The molecule has 1 aromatic heterocycles. The highest BCUT2D eigenvalue weighted by molar-refractivity contribution is 9.10. The molecule has 0 aliphatic rings. The van der Waals surface area contributed by atoms with Gasteiger partial charge in [0, 0.05) is 21.8 Å². The van der Waals surface area contributed by atoms with Crippen LogP contribution in [0.25, 0.3) is 11.3 Å². The average Bonchev–Trinajstić information content (AvgIpc) is 2.64. The number of halogens is 1. The lowest BCUT2D eigenvalue weighted by Crippen LogP contribution is -2.47. The van der Waals surface area contributed by atoms with Gasteiger partial charge >= 0.3 is 0 Å². The summed E-state index contributed by atoms with van der Waals surface area (Å²) in [5.41, 5.74) is 0.675. The normalized spacial score (nSPS) is 11.2. The molecule has 132 valence electrons. The van der Waals surface area contributed by atoms with E-state index in [0.717, 1.165) is 10.0 Å². The molecular formula is C20H18BrN3O2. The lowest BCUT2D eigenvalue weighted by atomic mass is 10.0. The van der Waals surface area contributed by atoms with Gasteiger partial charge < -0.3 is 5.32 Å². The molecule has 0 fully saturated rings. The molecule has 1 N–H and O–H groups in total. The number of carbonyl (C=O) groups is 1. The van der Waals surface area contributed by atoms with Crippen molar-refractivity contribution in [1.29, 1.82) is 0 Å². The summed E-state index contributed by atoms with van der Waals surface area (Å²) >= 11 is 3.36. The second-order valence-corrected chi connectivity index (χ2v) is 7.27. The molecule has 3 rings (SSSR count). The highest BCUT2D eigenvalue weighted by Crippen LogP contribution is 2.20. The highest BCUT2D eigenvalue weighted by Gasteiger charge is 2.32. The topological polar surface area (TPSA) is 64.0 Å². The van der Waals surface area contributed by atoms with E-state index in [1.54, 1.807) is 32.0 Å². The zero-order chi connectivity index (χ0) is 18.7. The second kappa shape index (κ2) is 7.25.